The quantitative estimate of drug-likeness (QED) is 0.460. The molecule has 9 heteroatoms. The van der Waals surface area contributed by atoms with Gasteiger partial charge in [0.15, 0.2) is 21.7 Å². The van der Waals surface area contributed by atoms with Gasteiger partial charge in [0.05, 0.1) is 13.2 Å². The lowest BCUT2D eigenvalue weighted by Crippen LogP contribution is -2.37. The molecule has 0 bridgehead atoms. The molecule has 0 aliphatic heterocycles. The van der Waals surface area contributed by atoms with E-state index >= 15 is 0 Å². The van der Waals surface area contributed by atoms with Crippen LogP contribution in [-0.2, 0) is 20.6 Å². The lowest BCUT2D eigenvalue weighted by molar-refractivity contribution is 0.0972. The third kappa shape index (κ3) is 2.98. The van der Waals surface area contributed by atoms with E-state index < -0.39 is 11.2 Å². The minimum Gasteiger partial charge on any atom is -0.494 e. The van der Waals surface area contributed by atoms with Gasteiger partial charge < -0.3 is 9.30 Å². The van der Waals surface area contributed by atoms with Gasteiger partial charge in [0.25, 0.3) is 5.56 Å². The van der Waals surface area contributed by atoms with Crippen molar-refractivity contribution in [2.45, 2.75) is 13.5 Å². The van der Waals surface area contributed by atoms with Gasteiger partial charge in [-0.1, -0.05) is 0 Å². The number of halogens is 1. The zero-order chi connectivity index (χ0) is 19.0. The lowest BCUT2D eigenvalue weighted by Gasteiger charge is -2.08. The third-order valence-corrected chi connectivity index (χ3v) is 4.70. The molecule has 136 valence electrons. The van der Waals surface area contributed by atoms with Gasteiger partial charge in [-0.15, -0.1) is 0 Å². The summed E-state index contributed by atoms with van der Waals surface area (Å²) in [5.74, 6) is 0.492. The molecular formula is C17H17BrN4O4. The smallest absolute Gasteiger partial charge is 0.332 e. The van der Waals surface area contributed by atoms with Gasteiger partial charge in [-0.2, -0.15) is 0 Å². The van der Waals surface area contributed by atoms with Crippen LogP contribution in [0.4, 0.5) is 0 Å². The average Bonchev–Trinajstić information content (AvgIpc) is 2.95. The van der Waals surface area contributed by atoms with E-state index in [9.17, 15) is 14.4 Å². The van der Waals surface area contributed by atoms with E-state index in [2.05, 4.69) is 20.9 Å². The number of ketones is 1. The fraction of sp³-hybridized carbons (Fsp3) is 0.294. The van der Waals surface area contributed by atoms with Crippen LogP contribution in [0.25, 0.3) is 11.2 Å². The maximum Gasteiger partial charge on any atom is 0.332 e. The number of ether oxygens (including phenoxy) is 1. The van der Waals surface area contributed by atoms with Crippen molar-refractivity contribution >= 4 is 32.9 Å². The number of carbonyl (C=O) groups is 1. The van der Waals surface area contributed by atoms with Gasteiger partial charge in [0.1, 0.15) is 5.75 Å². The summed E-state index contributed by atoms with van der Waals surface area (Å²) in [7, 11) is 2.92. The Labute approximate surface area is 156 Å². The van der Waals surface area contributed by atoms with Crippen molar-refractivity contribution in [3.63, 3.8) is 0 Å². The molecule has 0 saturated carbocycles. The van der Waals surface area contributed by atoms with Crippen LogP contribution in [0.2, 0.25) is 0 Å². The molecule has 26 heavy (non-hydrogen) atoms. The summed E-state index contributed by atoms with van der Waals surface area (Å²) in [6, 6.07) is 6.80. The van der Waals surface area contributed by atoms with Crippen molar-refractivity contribution in [3.8, 4) is 5.75 Å². The number of carbonyl (C=O) groups excluding carboxylic acids is 1. The predicted molar refractivity (Wildman–Crippen MR) is 99.9 cm³/mol. The fourth-order valence-electron chi connectivity index (χ4n) is 2.70. The van der Waals surface area contributed by atoms with Crippen LogP contribution in [0, 0.1) is 0 Å². The number of rotatable bonds is 5. The highest BCUT2D eigenvalue weighted by Crippen LogP contribution is 2.18. The van der Waals surface area contributed by atoms with Crippen molar-refractivity contribution in [1.82, 2.24) is 18.7 Å². The first-order valence-corrected chi connectivity index (χ1v) is 8.72. The van der Waals surface area contributed by atoms with Crippen LogP contribution in [0.3, 0.4) is 0 Å². The van der Waals surface area contributed by atoms with Crippen molar-refractivity contribution in [2.75, 3.05) is 6.61 Å². The molecule has 2 aromatic heterocycles. The topological polar surface area (TPSA) is 88.1 Å². The van der Waals surface area contributed by atoms with E-state index in [1.807, 2.05) is 6.92 Å². The summed E-state index contributed by atoms with van der Waals surface area (Å²) in [5.41, 5.74) is -0.0626. The number of Topliss-reactive ketones (excluding diaryl/α,β-unsaturated/α-hetero) is 1. The number of aromatic nitrogens is 4. The van der Waals surface area contributed by atoms with E-state index in [0.29, 0.717) is 22.7 Å². The van der Waals surface area contributed by atoms with Gasteiger partial charge in [0.2, 0.25) is 0 Å². The van der Waals surface area contributed by atoms with Gasteiger partial charge >= 0.3 is 5.69 Å². The number of aryl methyl sites for hydroxylation is 1. The van der Waals surface area contributed by atoms with E-state index in [4.69, 9.17) is 4.74 Å². The Hall–Kier alpha value is -2.68. The molecule has 2 heterocycles. The van der Waals surface area contributed by atoms with E-state index in [1.165, 1.54) is 23.2 Å². The summed E-state index contributed by atoms with van der Waals surface area (Å²) in [4.78, 5) is 41.4. The van der Waals surface area contributed by atoms with Crippen molar-refractivity contribution < 1.29 is 9.53 Å². The summed E-state index contributed by atoms with van der Waals surface area (Å²) in [6.07, 6.45) is 0. The van der Waals surface area contributed by atoms with E-state index in [1.54, 1.807) is 24.3 Å². The second-order valence-corrected chi connectivity index (χ2v) is 6.43. The molecule has 0 saturated heterocycles. The summed E-state index contributed by atoms with van der Waals surface area (Å²) in [5, 5.41) is 0. The molecule has 0 amide bonds. The highest BCUT2D eigenvalue weighted by Gasteiger charge is 2.20. The number of benzene rings is 1. The molecule has 3 rings (SSSR count). The van der Waals surface area contributed by atoms with Crippen molar-refractivity contribution in [3.05, 3.63) is 55.4 Å². The monoisotopic (exact) mass is 420 g/mol. The largest absolute Gasteiger partial charge is 0.494 e. The Morgan fingerprint density at radius 2 is 1.81 bits per heavy atom. The summed E-state index contributed by atoms with van der Waals surface area (Å²) in [6.45, 7) is 2.34. The highest BCUT2D eigenvalue weighted by molar-refractivity contribution is 9.10. The Balaban J connectivity index is 2.03. The number of nitrogens with zero attached hydrogens (tertiary/aromatic N) is 4. The molecule has 1 aromatic carbocycles. The number of imidazole rings is 1. The fourth-order valence-corrected chi connectivity index (χ4v) is 3.17. The molecule has 3 aromatic rings. The first-order valence-electron chi connectivity index (χ1n) is 7.93. The Morgan fingerprint density at radius 3 is 2.42 bits per heavy atom. The predicted octanol–water partition coefficient (Wildman–Crippen LogP) is 1.48. The maximum absolute atomic E-state index is 12.6. The highest BCUT2D eigenvalue weighted by atomic mass is 79.9. The summed E-state index contributed by atoms with van der Waals surface area (Å²) >= 11 is 3.28. The van der Waals surface area contributed by atoms with Crippen LogP contribution in [0.1, 0.15) is 17.3 Å². The first kappa shape index (κ1) is 18.1. The van der Waals surface area contributed by atoms with Gasteiger partial charge in [-0.05, 0) is 47.1 Å². The summed E-state index contributed by atoms with van der Waals surface area (Å²) < 4.78 is 9.42. The molecular weight excluding hydrogens is 404 g/mol. The molecule has 0 atom stereocenters. The second-order valence-electron chi connectivity index (χ2n) is 5.73. The van der Waals surface area contributed by atoms with E-state index in [-0.39, 0.29) is 23.5 Å². The average molecular weight is 421 g/mol. The third-order valence-electron chi connectivity index (χ3n) is 4.09. The Morgan fingerprint density at radius 1 is 1.15 bits per heavy atom. The van der Waals surface area contributed by atoms with Crippen LogP contribution in [0.15, 0.2) is 38.6 Å². The normalized spacial score (nSPS) is 11.1. The molecule has 0 fully saturated rings. The zero-order valence-corrected chi connectivity index (χ0v) is 16.1. The minimum atomic E-state index is -0.499. The van der Waals surface area contributed by atoms with Gasteiger partial charge in [-0.25, -0.2) is 9.78 Å². The maximum atomic E-state index is 12.6. The molecule has 0 aliphatic carbocycles. The minimum absolute atomic E-state index is 0.0848. The SMILES string of the molecule is CCOc1ccc(C(=O)Cn2c(Br)nc3c2c(=O)n(C)c(=O)n3C)cc1. The van der Waals surface area contributed by atoms with Gasteiger partial charge in [-0.3, -0.25) is 18.7 Å². The number of hydrogen-bond acceptors (Lipinski definition) is 5. The molecule has 8 nitrogen and oxygen atoms in total. The lowest BCUT2D eigenvalue weighted by atomic mass is 10.1. The number of fused-ring (bicyclic) bond motifs is 1. The molecule has 0 radical (unpaired) electrons. The van der Waals surface area contributed by atoms with Crippen LogP contribution < -0.4 is 16.0 Å². The number of hydrogen-bond donors (Lipinski definition) is 0. The Bertz CT molecular complexity index is 1110. The first-order chi connectivity index (χ1) is 12.3. The standard InChI is InChI=1S/C17H17BrN4O4/c1-4-26-11-7-5-10(6-8-11)12(23)9-22-13-14(19-16(22)18)20(2)17(25)21(3)15(13)24/h5-8H,4,9H2,1-3H3. The van der Waals surface area contributed by atoms with Crippen LogP contribution in [0.5, 0.6) is 5.75 Å². The second kappa shape index (κ2) is 6.91. The molecule has 0 aliphatic rings. The molecule has 0 N–H and O–H groups in total. The molecule has 0 unspecified atom stereocenters. The zero-order valence-electron chi connectivity index (χ0n) is 14.5. The Kier molecular flexibility index (Phi) is 4.82. The van der Waals surface area contributed by atoms with Crippen LogP contribution >= 0.6 is 15.9 Å². The van der Waals surface area contributed by atoms with E-state index in [0.717, 1.165) is 4.57 Å². The van der Waals surface area contributed by atoms with Crippen molar-refractivity contribution in [2.24, 2.45) is 14.1 Å². The van der Waals surface area contributed by atoms with Gasteiger partial charge in [0, 0.05) is 19.7 Å². The molecule has 0 spiro atoms. The van der Waals surface area contributed by atoms with Crippen molar-refractivity contribution in [1.29, 1.82) is 0 Å². The van der Waals surface area contributed by atoms with Crippen LogP contribution in [-0.4, -0.2) is 31.1 Å².